The van der Waals surface area contributed by atoms with Crippen LogP contribution in [0.4, 0.5) is 0 Å². The van der Waals surface area contributed by atoms with Crippen molar-refractivity contribution < 1.29 is 14.3 Å². The number of allylic oxidation sites excluding steroid dienone is 1. The van der Waals surface area contributed by atoms with Crippen LogP contribution >= 0.6 is 11.8 Å². The second-order valence-electron chi connectivity index (χ2n) is 5.84. The van der Waals surface area contributed by atoms with E-state index in [2.05, 4.69) is 21.4 Å². The maximum Gasteiger partial charge on any atom is 0.346 e. The summed E-state index contributed by atoms with van der Waals surface area (Å²) in [5.74, 6) is -0.663. The highest BCUT2D eigenvalue weighted by Crippen LogP contribution is 2.22. The first kappa shape index (κ1) is 19.2. The summed E-state index contributed by atoms with van der Waals surface area (Å²) in [6.45, 7) is 2.19. The molecule has 0 spiro atoms. The maximum absolute atomic E-state index is 12.0. The number of ether oxygens (including phenoxy) is 1. The average Bonchev–Trinajstić information content (AvgIpc) is 2.60. The Labute approximate surface area is 150 Å². The van der Waals surface area contributed by atoms with Gasteiger partial charge in [-0.1, -0.05) is 23.4 Å². The Balaban J connectivity index is 1.89. The first-order chi connectivity index (χ1) is 12.0. The molecule has 136 valence electrons. The summed E-state index contributed by atoms with van der Waals surface area (Å²) in [4.78, 5) is 41.6. The van der Waals surface area contributed by atoms with E-state index in [1.807, 2.05) is 0 Å². The number of hydrogen-bond donors (Lipinski definition) is 2. The van der Waals surface area contributed by atoms with E-state index in [4.69, 9.17) is 4.74 Å². The number of carbonyl (C=O) groups excluding carboxylic acids is 2. The van der Waals surface area contributed by atoms with E-state index in [0.29, 0.717) is 12.2 Å². The molecule has 1 aliphatic rings. The number of carbonyl (C=O) groups is 2. The predicted octanol–water partition coefficient (Wildman–Crippen LogP) is 1.96. The Morgan fingerprint density at radius 1 is 1.40 bits per heavy atom. The van der Waals surface area contributed by atoms with Crippen molar-refractivity contribution in [3.63, 3.8) is 0 Å². The molecule has 0 aromatic carbocycles. The third-order valence-electron chi connectivity index (χ3n) is 3.97. The van der Waals surface area contributed by atoms with E-state index in [1.54, 1.807) is 6.92 Å². The van der Waals surface area contributed by atoms with Gasteiger partial charge >= 0.3 is 11.7 Å². The topological polar surface area (TPSA) is 101 Å². The number of methoxy groups -OCH3 is 1. The number of hydrogen-bond acceptors (Lipinski definition) is 6. The Bertz CT molecular complexity index is 727. The van der Waals surface area contributed by atoms with Gasteiger partial charge < -0.3 is 15.0 Å². The van der Waals surface area contributed by atoms with Crippen LogP contribution in [0.15, 0.2) is 21.5 Å². The molecule has 1 aromatic heterocycles. The van der Waals surface area contributed by atoms with Crippen molar-refractivity contribution in [2.75, 3.05) is 19.4 Å². The van der Waals surface area contributed by atoms with Gasteiger partial charge in [0.25, 0.3) is 0 Å². The molecule has 0 bridgehead atoms. The van der Waals surface area contributed by atoms with E-state index in [0.717, 1.165) is 31.0 Å². The van der Waals surface area contributed by atoms with Crippen LogP contribution in [0, 0.1) is 6.92 Å². The van der Waals surface area contributed by atoms with E-state index in [9.17, 15) is 14.4 Å². The SMILES string of the molecule is COC(=O)c1c(SCC(=O)NCCC2=CCCCC2)nc(=O)[nH]c1C. The molecule has 0 saturated carbocycles. The molecule has 1 aromatic rings. The van der Waals surface area contributed by atoms with Crippen molar-refractivity contribution in [3.05, 3.63) is 33.4 Å². The summed E-state index contributed by atoms with van der Waals surface area (Å²) < 4.78 is 4.72. The number of thioether (sulfide) groups is 1. The normalized spacial score (nSPS) is 13.9. The number of esters is 1. The van der Waals surface area contributed by atoms with Gasteiger partial charge in [-0.2, -0.15) is 4.98 Å². The fourth-order valence-electron chi connectivity index (χ4n) is 2.69. The van der Waals surface area contributed by atoms with Crippen LogP contribution in [0.1, 0.15) is 48.2 Å². The molecule has 2 rings (SSSR count). The number of nitrogens with zero attached hydrogens (tertiary/aromatic N) is 1. The predicted molar refractivity (Wildman–Crippen MR) is 95.8 cm³/mol. The van der Waals surface area contributed by atoms with Crippen molar-refractivity contribution in [2.24, 2.45) is 0 Å². The van der Waals surface area contributed by atoms with Gasteiger partial charge in [-0.05, 0) is 39.0 Å². The van der Waals surface area contributed by atoms with Gasteiger partial charge in [-0.25, -0.2) is 9.59 Å². The number of aromatic nitrogens is 2. The van der Waals surface area contributed by atoms with E-state index < -0.39 is 11.7 Å². The molecule has 2 N–H and O–H groups in total. The van der Waals surface area contributed by atoms with E-state index in [1.165, 1.54) is 25.5 Å². The fourth-order valence-corrected chi connectivity index (χ4v) is 3.58. The number of aryl methyl sites for hydroxylation is 1. The van der Waals surface area contributed by atoms with Gasteiger partial charge in [0.1, 0.15) is 10.6 Å². The van der Waals surface area contributed by atoms with Crippen molar-refractivity contribution >= 4 is 23.6 Å². The summed E-state index contributed by atoms with van der Waals surface area (Å²) in [6.07, 6.45) is 7.84. The Morgan fingerprint density at radius 3 is 2.88 bits per heavy atom. The highest BCUT2D eigenvalue weighted by molar-refractivity contribution is 8.00. The molecule has 0 unspecified atom stereocenters. The van der Waals surface area contributed by atoms with Crippen LogP contribution in [0.5, 0.6) is 0 Å². The smallest absolute Gasteiger partial charge is 0.346 e. The molecule has 1 heterocycles. The molecule has 1 aliphatic carbocycles. The lowest BCUT2D eigenvalue weighted by atomic mass is 9.97. The third kappa shape index (κ3) is 5.74. The van der Waals surface area contributed by atoms with Crippen LogP contribution in [-0.4, -0.2) is 41.3 Å². The summed E-state index contributed by atoms with van der Waals surface area (Å²) in [6, 6.07) is 0. The lowest BCUT2D eigenvalue weighted by Crippen LogP contribution is -2.27. The van der Waals surface area contributed by atoms with Crippen molar-refractivity contribution in [3.8, 4) is 0 Å². The van der Waals surface area contributed by atoms with Crippen LogP contribution in [0.25, 0.3) is 0 Å². The van der Waals surface area contributed by atoms with Gasteiger partial charge in [0.15, 0.2) is 0 Å². The van der Waals surface area contributed by atoms with Crippen LogP contribution in [0.3, 0.4) is 0 Å². The van der Waals surface area contributed by atoms with Gasteiger partial charge in [0.2, 0.25) is 5.91 Å². The molecular formula is C17H23N3O4S. The van der Waals surface area contributed by atoms with E-state index >= 15 is 0 Å². The van der Waals surface area contributed by atoms with Gasteiger partial charge in [-0.3, -0.25) is 4.79 Å². The lowest BCUT2D eigenvalue weighted by Gasteiger charge is -2.13. The molecule has 25 heavy (non-hydrogen) atoms. The Morgan fingerprint density at radius 2 is 2.20 bits per heavy atom. The molecule has 0 saturated heterocycles. The van der Waals surface area contributed by atoms with Crippen molar-refractivity contribution in [2.45, 2.75) is 44.1 Å². The van der Waals surface area contributed by atoms with Gasteiger partial charge in [0, 0.05) is 12.2 Å². The first-order valence-corrected chi connectivity index (χ1v) is 9.26. The summed E-state index contributed by atoms with van der Waals surface area (Å²) in [5.41, 5.74) is 1.41. The minimum atomic E-state index is -0.589. The molecule has 0 atom stereocenters. The molecular weight excluding hydrogens is 342 g/mol. The van der Waals surface area contributed by atoms with Crippen LogP contribution in [-0.2, 0) is 9.53 Å². The van der Waals surface area contributed by atoms with Crippen molar-refractivity contribution in [1.82, 2.24) is 15.3 Å². The summed E-state index contributed by atoms with van der Waals surface area (Å²) in [5, 5.41) is 3.07. The Hall–Kier alpha value is -2.09. The first-order valence-electron chi connectivity index (χ1n) is 8.28. The van der Waals surface area contributed by atoms with Gasteiger partial charge in [0.05, 0.1) is 12.9 Å². The van der Waals surface area contributed by atoms with Crippen LogP contribution in [0.2, 0.25) is 0 Å². The minimum Gasteiger partial charge on any atom is -0.465 e. The molecule has 0 aliphatic heterocycles. The largest absolute Gasteiger partial charge is 0.465 e. The zero-order valence-electron chi connectivity index (χ0n) is 14.5. The zero-order chi connectivity index (χ0) is 18.2. The number of H-pyrrole nitrogens is 1. The molecule has 7 nitrogen and oxygen atoms in total. The summed E-state index contributed by atoms with van der Waals surface area (Å²) >= 11 is 1.05. The monoisotopic (exact) mass is 365 g/mol. The summed E-state index contributed by atoms with van der Waals surface area (Å²) in [7, 11) is 1.26. The number of amides is 1. The fraction of sp³-hybridized carbons (Fsp3) is 0.529. The lowest BCUT2D eigenvalue weighted by molar-refractivity contribution is -0.118. The standard InChI is InChI=1S/C17H23N3O4S/c1-11-14(16(22)24-2)15(20-17(23)19-11)25-10-13(21)18-9-8-12-6-4-3-5-7-12/h6H,3-5,7-10H2,1-2H3,(H,18,21)(H,19,20,23). The molecule has 1 amide bonds. The minimum absolute atomic E-state index is 0.0823. The zero-order valence-corrected chi connectivity index (χ0v) is 15.3. The molecule has 0 radical (unpaired) electrons. The molecule has 8 heteroatoms. The quantitative estimate of drug-likeness (QED) is 0.331. The third-order valence-corrected chi connectivity index (χ3v) is 4.94. The molecule has 0 fully saturated rings. The highest BCUT2D eigenvalue weighted by Gasteiger charge is 2.19. The number of aromatic amines is 1. The Kier molecular flexibility index (Phi) is 7.24. The number of nitrogens with one attached hydrogen (secondary N) is 2. The van der Waals surface area contributed by atoms with Crippen molar-refractivity contribution in [1.29, 1.82) is 0 Å². The van der Waals surface area contributed by atoms with E-state index in [-0.39, 0.29) is 22.2 Å². The maximum atomic E-state index is 12.0. The average molecular weight is 365 g/mol. The number of rotatable bonds is 7. The van der Waals surface area contributed by atoms with Crippen LogP contribution < -0.4 is 11.0 Å². The highest BCUT2D eigenvalue weighted by atomic mass is 32.2. The second-order valence-corrected chi connectivity index (χ2v) is 6.80. The van der Waals surface area contributed by atoms with Gasteiger partial charge in [-0.15, -0.1) is 0 Å². The second kappa shape index (κ2) is 9.41.